The second-order valence-corrected chi connectivity index (χ2v) is 6.63. The van der Waals surface area contributed by atoms with Crippen LogP contribution in [0.25, 0.3) is 10.9 Å². The van der Waals surface area contributed by atoms with Gasteiger partial charge >= 0.3 is 0 Å². The van der Waals surface area contributed by atoms with Gasteiger partial charge in [0.15, 0.2) is 0 Å². The minimum atomic E-state index is -0.135. The van der Waals surface area contributed by atoms with E-state index in [1.807, 2.05) is 29.3 Å². The van der Waals surface area contributed by atoms with Gasteiger partial charge in [0.05, 0.1) is 6.04 Å². The Kier molecular flexibility index (Phi) is 5.96. The summed E-state index contributed by atoms with van der Waals surface area (Å²) in [5.41, 5.74) is 3.61. The van der Waals surface area contributed by atoms with Crippen LogP contribution in [0.3, 0.4) is 0 Å². The number of halogens is 1. The van der Waals surface area contributed by atoms with Gasteiger partial charge in [-0.05, 0) is 30.0 Å². The highest BCUT2D eigenvalue weighted by molar-refractivity contribution is 5.86. The molecule has 1 aromatic heterocycles. The highest BCUT2D eigenvalue weighted by Crippen LogP contribution is 2.20. The summed E-state index contributed by atoms with van der Waals surface area (Å²) >= 11 is 0. The Morgan fingerprint density at radius 2 is 1.81 bits per heavy atom. The van der Waals surface area contributed by atoms with E-state index in [2.05, 4.69) is 46.7 Å². The van der Waals surface area contributed by atoms with Gasteiger partial charge in [0.1, 0.15) is 0 Å². The zero-order chi connectivity index (χ0) is 17.1. The zero-order valence-electron chi connectivity index (χ0n) is 14.7. The van der Waals surface area contributed by atoms with E-state index >= 15 is 0 Å². The maximum Gasteiger partial charge on any atom is 0.240 e. The minimum absolute atomic E-state index is 0. The van der Waals surface area contributed by atoms with Crippen LogP contribution in [-0.4, -0.2) is 41.5 Å². The van der Waals surface area contributed by atoms with Gasteiger partial charge in [0.2, 0.25) is 5.91 Å². The lowest BCUT2D eigenvalue weighted by molar-refractivity contribution is -0.135. The van der Waals surface area contributed by atoms with Crippen LogP contribution in [0.5, 0.6) is 0 Å². The van der Waals surface area contributed by atoms with Crippen molar-refractivity contribution in [1.29, 1.82) is 0 Å². The number of amides is 1. The average Bonchev–Trinajstić information content (AvgIpc) is 3.06. The number of carbonyl (C=O) groups excluding carboxylic acids is 1. The number of H-pyrrole nitrogens is 1. The molecule has 4 nitrogen and oxygen atoms in total. The fourth-order valence-corrected chi connectivity index (χ4v) is 3.60. The molecular weight excluding hydrogens is 346 g/mol. The molecule has 1 saturated heterocycles. The molecule has 0 unspecified atom stereocenters. The zero-order valence-corrected chi connectivity index (χ0v) is 15.5. The Labute approximate surface area is 160 Å². The van der Waals surface area contributed by atoms with E-state index in [-0.39, 0.29) is 24.4 Å². The molecule has 26 heavy (non-hydrogen) atoms. The molecule has 0 bridgehead atoms. The van der Waals surface area contributed by atoms with Crippen molar-refractivity contribution >= 4 is 29.2 Å². The maximum absolute atomic E-state index is 12.9. The van der Waals surface area contributed by atoms with E-state index in [4.69, 9.17) is 0 Å². The number of rotatable bonds is 5. The number of nitrogens with one attached hydrogen (secondary N) is 2. The lowest BCUT2D eigenvalue weighted by atomic mass is 10.0. The van der Waals surface area contributed by atoms with Crippen molar-refractivity contribution in [1.82, 2.24) is 15.2 Å². The molecule has 0 saturated carbocycles. The van der Waals surface area contributed by atoms with Gasteiger partial charge in [0, 0.05) is 36.7 Å². The van der Waals surface area contributed by atoms with E-state index in [0.717, 1.165) is 38.0 Å². The molecule has 2 N–H and O–H groups in total. The summed E-state index contributed by atoms with van der Waals surface area (Å²) in [5, 5.41) is 4.60. The predicted molar refractivity (Wildman–Crippen MR) is 108 cm³/mol. The van der Waals surface area contributed by atoms with Crippen molar-refractivity contribution in [3.05, 3.63) is 71.9 Å². The van der Waals surface area contributed by atoms with Gasteiger partial charge in [-0.15, -0.1) is 12.4 Å². The first-order valence-corrected chi connectivity index (χ1v) is 8.92. The third-order valence-corrected chi connectivity index (χ3v) is 4.99. The van der Waals surface area contributed by atoms with Crippen LogP contribution < -0.4 is 5.32 Å². The molecule has 1 fully saturated rings. The van der Waals surface area contributed by atoms with Crippen molar-refractivity contribution in [2.45, 2.75) is 18.9 Å². The lowest BCUT2D eigenvalue weighted by Gasteiger charge is -2.33. The number of fused-ring (bicyclic) bond motifs is 1. The van der Waals surface area contributed by atoms with Crippen molar-refractivity contribution in [3.8, 4) is 0 Å². The molecule has 2 heterocycles. The van der Waals surface area contributed by atoms with Gasteiger partial charge in [0.25, 0.3) is 0 Å². The summed E-state index contributed by atoms with van der Waals surface area (Å²) in [4.78, 5) is 18.2. The van der Waals surface area contributed by atoms with Gasteiger partial charge in [-0.25, -0.2) is 0 Å². The smallest absolute Gasteiger partial charge is 0.240 e. The first-order chi connectivity index (χ1) is 12.3. The fraction of sp³-hybridized carbons (Fsp3) is 0.286. The van der Waals surface area contributed by atoms with Crippen LogP contribution in [-0.2, 0) is 17.6 Å². The topological polar surface area (TPSA) is 48.1 Å². The van der Waals surface area contributed by atoms with Crippen LogP contribution in [0.2, 0.25) is 0 Å². The molecule has 1 aliphatic heterocycles. The summed E-state index contributed by atoms with van der Waals surface area (Å²) in [6.07, 6.45) is 3.67. The van der Waals surface area contributed by atoms with Gasteiger partial charge in [-0.1, -0.05) is 48.5 Å². The number of hydrogen-bond acceptors (Lipinski definition) is 2. The number of aromatic amines is 1. The van der Waals surface area contributed by atoms with Crippen molar-refractivity contribution < 1.29 is 4.79 Å². The lowest BCUT2D eigenvalue weighted by Crippen LogP contribution is -2.56. The molecule has 4 rings (SSSR count). The molecule has 0 spiro atoms. The number of carbonyl (C=O) groups is 1. The molecule has 136 valence electrons. The Balaban J connectivity index is 0.00000196. The largest absolute Gasteiger partial charge is 0.361 e. The third kappa shape index (κ3) is 3.92. The van der Waals surface area contributed by atoms with E-state index in [1.54, 1.807) is 0 Å². The Bertz CT molecular complexity index is 862. The molecule has 3 aromatic rings. The molecule has 0 aliphatic carbocycles. The van der Waals surface area contributed by atoms with Gasteiger partial charge in [-0.3, -0.25) is 4.79 Å². The van der Waals surface area contributed by atoms with Crippen molar-refractivity contribution in [2.75, 3.05) is 19.6 Å². The first kappa shape index (κ1) is 18.5. The molecule has 5 heteroatoms. The third-order valence-electron chi connectivity index (χ3n) is 4.99. The highest BCUT2D eigenvalue weighted by atomic mass is 35.5. The van der Waals surface area contributed by atoms with Crippen LogP contribution in [0.15, 0.2) is 60.8 Å². The van der Waals surface area contributed by atoms with E-state index < -0.39 is 0 Å². The first-order valence-electron chi connectivity index (χ1n) is 8.92. The van der Waals surface area contributed by atoms with Crippen LogP contribution >= 0.6 is 12.4 Å². The van der Waals surface area contributed by atoms with Gasteiger partial charge < -0.3 is 15.2 Å². The molecular formula is C21H24ClN3O. The van der Waals surface area contributed by atoms with Crippen LogP contribution in [0, 0.1) is 0 Å². The SMILES string of the molecule is Cl.O=C1[C@H](Cc2c[nH]c3ccccc23)NCCN1CCc1ccccc1. The van der Waals surface area contributed by atoms with E-state index in [9.17, 15) is 4.79 Å². The second kappa shape index (κ2) is 8.39. The molecule has 2 aromatic carbocycles. The van der Waals surface area contributed by atoms with Crippen molar-refractivity contribution in [2.24, 2.45) is 0 Å². The normalized spacial score (nSPS) is 17.3. The van der Waals surface area contributed by atoms with E-state index in [0.29, 0.717) is 0 Å². The Hall–Kier alpha value is -2.30. The van der Waals surface area contributed by atoms with Crippen LogP contribution in [0.1, 0.15) is 11.1 Å². The molecule has 1 atom stereocenters. The second-order valence-electron chi connectivity index (χ2n) is 6.63. The minimum Gasteiger partial charge on any atom is -0.361 e. The summed E-state index contributed by atoms with van der Waals surface area (Å²) in [6, 6.07) is 18.5. The number of benzene rings is 2. The number of aromatic nitrogens is 1. The maximum atomic E-state index is 12.9. The Morgan fingerprint density at radius 1 is 1.04 bits per heavy atom. The standard InChI is InChI=1S/C21H23N3O.ClH/c25-21-20(14-17-15-23-19-9-5-4-8-18(17)19)22-11-13-24(21)12-10-16-6-2-1-3-7-16;/h1-9,15,20,22-23H,10-14H2;1H/t20-;/m0./s1. The summed E-state index contributed by atoms with van der Waals surface area (Å²) in [7, 11) is 0. The molecule has 1 amide bonds. The monoisotopic (exact) mass is 369 g/mol. The summed E-state index contributed by atoms with van der Waals surface area (Å²) < 4.78 is 0. The number of para-hydroxylation sites is 1. The summed E-state index contributed by atoms with van der Waals surface area (Å²) in [6.45, 7) is 2.43. The fourth-order valence-electron chi connectivity index (χ4n) is 3.60. The van der Waals surface area contributed by atoms with E-state index in [1.165, 1.54) is 16.5 Å². The van der Waals surface area contributed by atoms with Gasteiger partial charge in [-0.2, -0.15) is 0 Å². The van der Waals surface area contributed by atoms with Crippen LogP contribution in [0.4, 0.5) is 0 Å². The summed E-state index contributed by atoms with van der Waals surface area (Å²) in [5.74, 6) is 0.215. The quantitative estimate of drug-likeness (QED) is 0.725. The molecule has 0 radical (unpaired) electrons. The number of hydrogen-bond donors (Lipinski definition) is 2. The highest BCUT2D eigenvalue weighted by Gasteiger charge is 2.28. The van der Waals surface area contributed by atoms with Crippen molar-refractivity contribution in [3.63, 3.8) is 0 Å². The molecule has 1 aliphatic rings. The predicted octanol–water partition coefficient (Wildman–Crippen LogP) is 3.18. The Morgan fingerprint density at radius 3 is 2.65 bits per heavy atom. The number of piperazine rings is 1. The number of nitrogens with zero attached hydrogens (tertiary/aromatic N) is 1. The average molecular weight is 370 g/mol.